The summed E-state index contributed by atoms with van der Waals surface area (Å²) in [5, 5.41) is 20.5. The van der Waals surface area contributed by atoms with Gasteiger partial charge in [-0.3, -0.25) is 0 Å². The fraction of sp³-hybridized carbons (Fsp3) is 0.600. The summed E-state index contributed by atoms with van der Waals surface area (Å²) in [4.78, 5) is 0. The van der Waals surface area contributed by atoms with Crippen molar-refractivity contribution in [2.24, 2.45) is 0 Å². The number of aliphatic hydroxyl groups excluding tert-OH is 1. The molecule has 0 bridgehead atoms. The maximum atomic E-state index is 12.9. The molecule has 0 amide bonds. The topological polar surface area (TPSA) is 61.7 Å². The van der Waals surface area contributed by atoms with Crippen LogP contribution in [0.15, 0.2) is 18.3 Å². The Labute approximate surface area is 142 Å². The number of aromatic nitrogens is 2. The minimum atomic E-state index is -4.23. The van der Waals surface area contributed by atoms with Crippen molar-refractivity contribution in [1.82, 2.24) is 20.2 Å². The van der Waals surface area contributed by atoms with Crippen molar-refractivity contribution in [3.8, 4) is 5.88 Å². The Morgan fingerprint density at radius 2 is 2.12 bits per heavy atom. The SMILES string of the molecule is Cc1cc(CN2CC=CN2CCCO)nnc1OCC(F)(F)C(F)F. The highest BCUT2D eigenvalue weighted by molar-refractivity contribution is 5.24. The second-order valence-corrected chi connectivity index (χ2v) is 5.65. The van der Waals surface area contributed by atoms with E-state index in [1.54, 1.807) is 13.0 Å². The molecular formula is C15H20F4N4O2. The predicted molar refractivity (Wildman–Crippen MR) is 81.2 cm³/mol. The molecule has 2 heterocycles. The van der Waals surface area contributed by atoms with Gasteiger partial charge in [0.05, 0.1) is 12.2 Å². The van der Waals surface area contributed by atoms with Crippen molar-refractivity contribution in [1.29, 1.82) is 0 Å². The first kappa shape index (κ1) is 19.4. The molecule has 6 nitrogen and oxygen atoms in total. The minimum absolute atomic E-state index is 0.0897. The van der Waals surface area contributed by atoms with Gasteiger partial charge in [0.15, 0.2) is 6.61 Å². The summed E-state index contributed by atoms with van der Waals surface area (Å²) < 4.78 is 54.8. The Bertz CT molecular complexity index is 601. The van der Waals surface area contributed by atoms with Crippen molar-refractivity contribution in [2.75, 3.05) is 26.3 Å². The number of hydrogen-bond acceptors (Lipinski definition) is 6. The van der Waals surface area contributed by atoms with Gasteiger partial charge in [0.1, 0.15) is 0 Å². The molecule has 0 saturated heterocycles. The normalized spacial score (nSPS) is 15.4. The van der Waals surface area contributed by atoms with Gasteiger partial charge in [-0.2, -0.15) is 13.9 Å². The lowest BCUT2D eigenvalue weighted by molar-refractivity contribution is -0.148. The molecule has 0 aromatic carbocycles. The Hall–Kier alpha value is -1.94. The summed E-state index contributed by atoms with van der Waals surface area (Å²) in [5.74, 6) is -4.43. The van der Waals surface area contributed by atoms with E-state index in [0.29, 0.717) is 37.3 Å². The van der Waals surface area contributed by atoms with Crippen LogP contribution in [-0.4, -0.2) is 64.0 Å². The molecule has 0 spiro atoms. The van der Waals surface area contributed by atoms with Gasteiger partial charge in [-0.15, -0.1) is 5.10 Å². The lowest BCUT2D eigenvalue weighted by Gasteiger charge is -2.28. The highest BCUT2D eigenvalue weighted by Gasteiger charge is 2.42. The average molecular weight is 364 g/mol. The molecule has 1 aromatic rings. The van der Waals surface area contributed by atoms with Gasteiger partial charge < -0.3 is 14.9 Å². The maximum Gasteiger partial charge on any atom is 0.340 e. The van der Waals surface area contributed by atoms with Crippen LogP contribution >= 0.6 is 0 Å². The number of aliphatic hydroxyl groups is 1. The van der Waals surface area contributed by atoms with E-state index in [-0.39, 0.29) is 12.5 Å². The summed E-state index contributed by atoms with van der Waals surface area (Å²) in [6.45, 7) is 1.98. The second-order valence-electron chi connectivity index (χ2n) is 5.65. The first-order valence-corrected chi connectivity index (χ1v) is 7.74. The zero-order valence-electron chi connectivity index (χ0n) is 13.7. The smallest absolute Gasteiger partial charge is 0.340 e. The fourth-order valence-corrected chi connectivity index (χ4v) is 2.26. The molecule has 140 valence electrons. The molecule has 0 saturated carbocycles. The lowest BCUT2D eigenvalue weighted by Crippen LogP contribution is -2.36. The average Bonchev–Trinajstić information content (AvgIpc) is 2.99. The molecule has 25 heavy (non-hydrogen) atoms. The van der Waals surface area contributed by atoms with E-state index < -0.39 is 19.0 Å². The zero-order chi connectivity index (χ0) is 18.4. The highest BCUT2D eigenvalue weighted by atomic mass is 19.3. The monoisotopic (exact) mass is 364 g/mol. The maximum absolute atomic E-state index is 12.9. The van der Waals surface area contributed by atoms with Crippen molar-refractivity contribution in [3.63, 3.8) is 0 Å². The van der Waals surface area contributed by atoms with Gasteiger partial charge in [0, 0.05) is 31.5 Å². The number of nitrogens with zero attached hydrogens (tertiary/aromatic N) is 4. The van der Waals surface area contributed by atoms with Gasteiger partial charge in [-0.25, -0.2) is 13.8 Å². The van der Waals surface area contributed by atoms with Crippen molar-refractivity contribution in [3.05, 3.63) is 29.6 Å². The van der Waals surface area contributed by atoms with Crippen molar-refractivity contribution in [2.45, 2.75) is 32.2 Å². The first-order valence-electron chi connectivity index (χ1n) is 7.74. The number of ether oxygens (including phenoxy) is 1. The van der Waals surface area contributed by atoms with E-state index in [1.807, 2.05) is 22.3 Å². The minimum Gasteiger partial charge on any atom is -0.470 e. The molecule has 1 aliphatic rings. The van der Waals surface area contributed by atoms with Crippen LogP contribution in [0.25, 0.3) is 0 Å². The summed E-state index contributed by atoms with van der Waals surface area (Å²) >= 11 is 0. The van der Waals surface area contributed by atoms with E-state index >= 15 is 0 Å². The molecule has 0 aliphatic carbocycles. The van der Waals surface area contributed by atoms with E-state index in [9.17, 15) is 17.6 Å². The number of alkyl halides is 4. The second kappa shape index (κ2) is 8.43. The Balaban J connectivity index is 1.95. The van der Waals surface area contributed by atoms with Crippen LogP contribution in [0.2, 0.25) is 0 Å². The Morgan fingerprint density at radius 3 is 2.76 bits per heavy atom. The third-order valence-corrected chi connectivity index (χ3v) is 3.56. The van der Waals surface area contributed by atoms with E-state index in [1.165, 1.54) is 0 Å². The van der Waals surface area contributed by atoms with Crippen molar-refractivity contribution >= 4 is 0 Å². The molecule has 2 rings (SSSR count). The highest BCUT2D eigenvalue weighted by Crippen LogP contribution is 2.25. The molecular weight excluding hydrogens is 344 g/mol. The van der Waals surface area contributed by atoms with Crippen LogP contribution in [-0.2, 0) is 6.54 Å². The lowest BCUT2D eigenvalue weighted by atomic mass is 10.2. The fourth-order valence-electron chi connectivity index (χ4n) is 2.26. The molecule has 0 atom stereocenters. The van der Waals surface area contributed by atoms with Gasteiger partial charge >= 0.3 is 12.3 Å². The van der Waals surface area contributed by atoms with Gasteiger partial charge in [-0.05, 0) is 19.4 Å². The molecule has 0 unspecified atom stereocenters. The van der Waals surface area contributed by atoms with Crippen LogP contribution in [0.5, 0.6) is 5.88 Å². The Morgan fingerprint density at radius 1 is 1.36 bits per heavy atom. The standard InChI is InChI=1S/C15H20F4N4O2/c1-11-8-12(9-23-5-2-4-22(23)6-3-7-24)20-21-13(11)25-10-15(18,19)14(16)17/h2,4,8,14,24H,3,5-7,9-10H2,1H3. The number of rotatable bonds is 9. The predicted octanol–water partition coefficient (Wildman–Crippen LogP) is 1.99. The third kappa shape index (κ3) is 5.27. The van der Waals surface area contributed by atoms with Crippen molar-refractivity contribution < 1.29 is 27.4 Å². The molecule has 1 N–H and O–H groups in total. The van der Waals surface area contributed by atoms with Crippen LogP contribution in [0.1, 0.15) is 17.7 Å². The zero-order valence-corrected chi connectivity index (χ0v) is 13.7. The van der Waals surface area contributed by atoms with Gasteiger partial charge in [0.2, 0.25) is 5.88 Å². The first-order chi connectivity index (χ1) is 11.8. The van der Waals surface area contributed by atoms with Crippen LogP contribution in [0.3, 0.4) is 0 Å². The third-order valence-electron chi connectivity index (χ3n) is 3.56. The van der Waals surface area contributed by atoms with Crippen LogP contribution < -0.4 is 4.74 Å². The number of hydrazine groups is 1. The summed E-state index contributed by atoms with van der Waals surface area (Å²) in [5.41, 5.74) is 1.02. The van der Waals surface area contributed by atoms with E-state index in [0.717, 1.165) is 0 Å². The molecule has 10 heteroatoms. The number of halogens is 4. The molecule has 0 fully saturated rings. The van der Waals surface area contributed by atoms with Gasteiger partial charge in [0.25, 0.3) is 0 Å². The summed E-state index contributed by atoms with van der Waals surface area (Å²) in [6, 6.07) is 1.62. The van der Waals surface area contributed by atoms with E-state index in [2.05, 4.69) is 10.2 Å². The number of aryl methyl sites for hydroxylation is 1. The largest absolute Gasteiger partial charge is 0.470 e. The summed E-state index contributed by atoms with van der Waals surface area (Å²) in [7, 11) is 0. The van der Waals surface area contributed by atoms with Crippen LogP contribution in [0, 0.1) is 6.92 Å². The molecule has 1 aromatic heterocycles. The van der Waals surface area contributed by atoms with E-state index in [4.69, 9.17) is 9.84 Å². The summed E-state index contributed by atoms with van der Waals surface area (Å²) in [6.07, 6.45) is 0.686. The Kier molecular flexibility index (Phi) is 6.54. The van der Waals surface area contributed by atoms with Gasteiger partial charge in [-0.1, -0.05) is 6.08 Å². The molecule has 1 aliphatic heterocycles. The molecule has 0 radical (unpaired) electrons. The van der Waals surface area contributed by atoms with Crippen LogP contribution in [0.4, 0.5) is 17.6 Å². The number of hydrogen-bond donors (Lipinski definition) is 1. The quantitative estimate of drug-likeness (QED) is 0.677.